The molecule has 0 bridgehead atoms. The summed E-state index contributed by atoms with van der Waals surface area (Å²) >= 11 is 0. The molecule has 1 saturated heterocycles. The van der Waals surface area contributed by atoms with Crippen LogP contribution in [0.1, 0.15) is 6.23 Å². The summed E-state index contributed by atoms with van der Waals surface area (Å²) in [5, 5.41) is 18.7. The number of aromatic nitrogens is 2. The maximum Gasteiger partial charge on any atom is 0.302 e. The summed E-state index contributed by atoms with van der Waals surface area (Å²) in [6, 6.07) is 1.43. The molecule has 1 aromatic heterocycles. The average Bonchev–Trinajstić information content (AvgIpc) is 2.75. The van der Waals surface area contributed by atoms with Gasteiger partial charge in [0.25, 0.3) is 5.56 Å². The first kappa shape index (κ1) is 9.76. The van der Waals surface area contributed by atoms with Gasteiger partial charge in [-0.25, -0.2) is 0 Å². The van der Waals surface area contributed by atoms with Gasteiger partial charge in [-0.05, 0) is 0 Å². The third-order valence-electron chi connectivity index (χ3n) is 2.81. The van der Waals surface area contributed by atoms with Crippen LogP contribution < -0.4 is 10.3 Å². The van der Waals surface area contributed by atoms with Crippen molar-refractivity contribution in [3.8, 4) is 6.01 Å². The summed E-state index contributed by atoms with van der Waals surface area (Å²) in [6.45, 7) is -0.277. The Hall–Kier alpha value is -1.44. The molecule has 3 heterocycles. The van der Waals surface area contributed by atoms with Crippen molar-refractivity contribution >= 4 is 0 Å². The average molecular weight is 226 g/mol. The molecular formula is C9H10N2O5. The van der Waals surface area contributed by atoms with Gasteiger partial charge in [0, 0.05) is 12.3 Å². The fourth-order valence-electron chi connectivity index (χ4n) is 2.02. The minimum atomic E-state index is -0.924. The van der Waals surface area contributed by atoms with E-state index in [9.17, 15) is 9.90 Å². The molecule has 0 radical (unpaired) electrons. The van der Waals surface area contributed by atoms with Crippen LogP contribution in [0.4, 0.5) is 0 Å². The molecule has 7 nitrogen and oxygen atoms in total. The van der Waals surface area contributed by atoms with Gasteiger partial charge in [-0.1, -0.05) is 0 Å². The van der Waals surface area contributed by atoms with Crippen LogP contribution in [0.2, 0.25) is 0 Å². The fraction of sp³-hybridized carbons (Fsp3) is 0.556. The second-order valence-electron chi connectivity index (χ2n) is 3.78. The Morgan fingerprint density at radius 1 is 1.56 bits per heavy atom. The Morgan fingerprint density at radius 3 is 3.12 bits per heavy atom. The van der Waals surface area contributed by atoms with Crippen molar-refractivity contribution in [3.63, 3.8) is 0 Å². The SMILES string of the molecule is O=c1ccn2c(n1)O[C@@H]1[C@@H](O)[C@H](CO)O[C@@H]12. The zero-order valence-electron chi connectivity index (χ0n) is 8.18. The lowest BCUT2D eigenvalue weighted by Crippen LogP contribution is -2.34. The number of aliphatic hydroxyl groups is 2. The molecule has 4 atom stereocenters. The van der Waals surface area contributed by atoms with Crippen molar-refractivity contribution in [3.05, 3.63) is 22.6 Å². The summed E-state index contributed by atoms with van der Waals surface area (Å²) in [5.74, 6) is 0. The number of hydrogen-bond donors (Lipinski definition) is 2. The predicted molar refractivity (Wildman–Crippen MR) is 49.9 cm³/mol. The lowest BCUT2D eigenvalue weighted by Gasteiger charge is -2.13. The quantitative estimate of drug-likeness (QED) is 0.590. The molecule has 0 spiro atoms. The summed E-state index contributed by atoms with van der Waals surface area (Å²) in [5.41, 5.74) is -0.403. The van der Waals surface area contributed by atoms with Crippen LogP contribution >= 0.6 is 0 Å². The van der Waals surface area contributed by atoms with E-state index in [1.807, 2.05) is 0 Å². The second-order valence-corrected chi connectivity index (χ2v) is 3.78. The summed E-state index contributed by atoms with van der Waals surface area (Å²) in [6.07, 6.45) is -1.24. The van der Waals surface area contributed by atoms with Crippen LogP contribution in [0.3, 0.4) is 0 Å². The monoisotopic (exact) mass is 226 g/mol. The van der Waals surface area contributed by atoms with Gasteiger partial charge in [-0.2, -0.15) is 4.98 Å². The molecule has 1 fully saturated rings. The molecule has 2 aliphatic rings. The topological polar surface area (TPSA) is 93.8 Å². The number of hydrogen-bond acceptors (Lipinski definition) is 6. The molecule has 0 aromatic carbocycles. The molecule has 16 heavy (non-hydrogen) atoms. The van der Waals surface area contributed by atoms with Crippen molar-refractivity contribution in [1.29, 1.82) is 0 Å². The number of aliphatic hydroxyl groups excluding tert-OH is 2. The lowest BCUT2D eigenvalue weighted by molar-refractivity contribution is -0.0434. The van der Waals surface area contributed by atoms with Gasteiger partial charge in [0.05, 0.1) is 6.61 Å². The van der Waals surface area contributed by atoms with Crippen molar-refractivity contribution in [1.82, 2.24) is 9.55 Å². The molecule has 7 heteroatoms. The van der Waals surface area contributed by atoms with Gasteiger partial charge < -0.3 is 19.7 Å². The molecular weight excluding hydrogens is 216 g/mol. The summed E-state index contributed by atoms with van der Waals surface area (Å²) < 4.78 is 12.3. The molecule has 0 aliphatic carbocycles. The smallest absolute Gasteiger partial charge is 0.302 e. The summed E-state index contributed by atoms with van der Waals surface area (Å²) in [4.78, 5) is 14.7. The zero-order valence-corrected chi connectivity index (χ0v) is 8.18. The highest BCUT2D eigenvalue weighted by Crippen LogP contribution is 2.38. The first-order valence-corrected chi connectivity index (χ1v) is 4.91. The lowest BCUT2D eigenvalue weighted by atomic mass is 10.1. The zero-order chi connectivity index (χ0) is 11.3. The van der Waals surface area contributed by atoms with Gasteiger partial charge >= 0.3 is 6.01 Å². The van der Waals surface area contributed by atoms with E-state index >= 15 is 0 Å². The standard InChI is InChI=1S/C9H10N2O5/c12-3-4-6(14)7-8(15-4)11-2-1-5(13)10-9(11)16-7/h1-2,4,6-8,12,14H,3H2/t4-,6-,7+,8-/m0/s1. The third kappa shape index (κ3) is 1.19. The highest BCUT2D eigenvalue weighted by atomic mass is 16.6. The number of rotatable bonds is 1. The van der Waals surface area contributed by atoms with Gasteiger partial charge in [0.15, 0.2) is 12.3 Å². The molecule has 2 aliphatic heterocycles. The van der Waals surface area contributed by atoms with Crippen LogP contribution in [0, 0.1) is 0 Å². The van der Waals surface area contributed by atoms with Crippen LogP contribution in [0.15, 0.2) is 17.1 Å². The molecule has 1 aromatic rings. The molecule has 2 N–H and O–H groups in total. The first-order chi connectivity index (χ1) is 7.70. The Labute approximate surface area is 89.9 Å². The van der Waals surface area contributed by atoms with E-state index in [0.29, 0.717) is 0 Å². The molecule has 0 unspecified atom stereocenters. The Balaban J connectivity index is 1.99. The molecule has 0 saturated carbocycles. The van der Waals surface area contributed by atoms with E-state index in [2.05, 4.69) is 4.98 Å². The highest BCUT2D eigenvalue weighted by Gasteiger charge is 2.50. The Kier molecular flexibility index (Phi) is 2.00. The Morgan fingerprint density at radius 2 is 2.38 bits per heavy atom. The number of ether oxygens (including phenoxy) is 2. The van der Waals surface area contributed by atoms with E-state index in [0.717, 1.165) is 0 Å². The van der Waals surface area contributed by atoms with Gasteiger partial charge in [0.2, 0.25) is 0 Å². The van der Waals surface area contributed by atoms with E-state index in [1.165, 1.54) is 16.8 Å². The van der Waals surface area contributed by atoms with E-state index in [1.54, 1.807) is 0 Å². The Bertz CT molecular complexity index is 473. The van der Waals surface area contributed by atoms with Crippen LogP contribution in [0.25, 0.3) is 0 Å². The van der Waals surface area contributed by atoms with E-state index in [-0.39, 0.29) is 12.6 Å². The van der Waals surface area contributed by atoms with Gasteiger partial charge in [-0.3, -0.25) is 9.36 Å². The van der Waals surface area contributed by atoms with Crippen molar-refractivity contribution in [2.45, 2.75) is 24.5 Å². The minimum Gasteiger partial charge on any atom is -0.453 e. The highest BCUT2D eigenvalue weighted by molar-refractivity contribution is 5.10. The van der Waals surface area contributed by atoms with Crippen LogP contribution in [-0.4, -0.2) is 44.7 Å². The van der Waals surface area contributed by atoms with Gasteiger partial charge in [0.1, 0.15) is 12.2 Å². The first-order valence-electron chi connectivity index (χ1n) is 4.91. The minimum absolute atomic E-state index is 0.137. The molecule has 86 valence electrons. The largest absolute Gasteiger partial charge is 0.453 e. The molecule has 3 rings (SSSR count). The maximum atomic E-state index is 11.0. The van der Waals surface area contributed by atoms with Gasteiger partial charge in [-0.15, -0.1) is 0 Å². The molecule has 0 amide bonds. The number of nitrogens with zero attached hydrogens (tertiary/aromatic N) is 2. The van der Waals surface area contributed by atoms with Crippen LogP contribution in [0.5, 0.6) is 6.01 Å². The predicted octanol–water partition coefficient (Wildman–Crippen LogP) is -1.75. The second kappa shape index (κ2) is 3.27. The number of fused-ring (bicyclic) bond motifs is 3. The van der Waals surface area contributed by atoms with Crippen molar-refractivity contribution in [2.24, 2.45) is 0 Å². The van der Waals surface area contributed by atoms with E-state index in [4.69, 9.17) is 14.6 Å². The fourth-order valence-corrected chi connectivity index (χ4v) is 2.02. The third-order valence-corrected chi connectivity index (χ3v) is 2.81. The summed E-state index contributed by atoms with van der Waals surface area (Å²) in [7, 11) is 0. The normalized spacial score (nSPS) is 35.6. The maximum absolute atomic E-state index is 11.0. The van der Waals surface area contributed by atoms with Crippen molar-refractivity contribution in [2.75, 3.05) is 6.61 Å². The van der Waals surface area contributed by atoms with Crippen LogP contribution in [-0.2, 0) is 4.74 Å². The van der Waals surface area contributed by atoms with E-state index < -0.39 is 30.1 Å². The van der Waals surface area contributed by atoms with Crippen molar-refractivity contribution < 1.29 is 19.7 Å².